The van der Waals surface area contributed by atoms with Gasteiger partial charge in [-0.05, 0) is 68.3 Å². The third-order valence-electron chi connectivity index (χ3n) is 6.73. The van der Waals surface area contributed by atoms with Gasteiger partial charge in [-0.2, -0.15) is 0 Å². The SMILES string of the molecule is O=C(O)[C@@H]1CC2(CCNCC2)CN1C(=O)C1(c2ccc(Cl)cc2)CCC1. The van der Waals surface area contributed by atoms with Crippen molar-refractivity contribution >= 4 is 23.5 Å². The number of hydrogen-bond donors (Lipinski definition) is 2. The van der Waals surface area contributed by atoms with E-state index in [1.807, 2.05) is 24.3 Å². The molecular formula is C20H25ClN2O3. The molecule has 1 aliphatic carbocycles. The van der Waals surface area contributed by atoms with Crippen LogP contribution in [0, 0.1) is 5.41 Å². The van der Waals surface area contributed by atoms with Gasteiger partial charge in [-0.15, -0.1) is 0 Å². The first-order valence-corrected chi connectivity index (χ1v) is 9.84. The molecule has 0 aromatic heterocycles. The summed E-state index contributed by atoms with van der Waals surface area (Å²) >= 11 is 6.01. The van der Waals surface area contributed by atoms with Crippen LogP contribution in [0.4, 0.5) is 0 Å². The van der Waals surface area contributed by atoms with Crippen LogP contribution in [0.25, 0.3) is 0 Å². The van der Waals surface area contributed by atoms with E-state index in [-0.39, 0.29) is 11.3 Å². The van der Waals surface area contributed by atoms with Crippen molar-refractivity contribution in [2.24, 2.45) is 5.41 Å². The van der Waals surface area contributed by atoms with Crippen LogP contribution in [-0.2, 0) is 15.0 Å². The first-order valence-electron chi connectivity index (χ1n) is 9.47. The number of nitrogens with zero attached hydrogens (tertiary/aromatic N) is 1. The average molecular weight is 377 g/mol. The highest BCUT2D eigenvalue weighted by Crippen LogP contribution is 2.49. The van der Waals surface area contributed by atoms with Crippen molar-refractivity contribution < 1.29 is 14.7 Å². The lowest BCUT2D eigenvalue weighted by Gasteiger charge is -2.44. The van der Waals surface area contributed by atoms with E-state index in [1.165, 1.54) is 0 Å². The molecule has 3 aliphatic rings. The highest BCUT2D eigenvalue weighted by Gasteiger charge is 2.55. The fourth-order valence-electron chi connectivity index (χ4n) is 5.01. The quantitative estimate of drug-likeness (QED) is 0.851. The van der Waals surface area contributed by atoms with Crippen LogP contribution in [0.5, 0.6) is 0 Å². The van der Waals surface area contributed by atoms with Crippen LogP contribution in [0.15, 0.2) is 24.3 Å². The van der Waals surface area contributed by atoms with Gasteiger partial charge in [0, 0.05) is 11.6 Å². The summed E-state index contributed by atoms with van der Waals surface area (Å²) in [6.45, 7) is 2.37. The zero-order chi connectivity index (χ0) is 18.4. The Hall–Kier alpha value is -1.59. The van der Waals surface area contributed by atoms with Crippen molar-refractivity contribution in [1.82, 2.24) is 10.2 Å². The van der Waals surface area contributed by atoms with Gasteiger partial charge in [0.1, 0.15) is 6.04 Å². The number of carbonyl (C=O) groups is 2. The minimum atomic E-state index is -0.876. The van der Waals surface area contributed by atoms with Crippen molar-refractivity contribution in [3.63, 3.8) is 0 Å². The molecule has 2 heterocycles. The molecule has 4 rings (SSSR count). The van der Waals surface area contributed by atoms with Crippen molar-refractivity contribution in [2.75, 3.05) is 19.6 Å². The Morgan fingerprint density at radius 2 is 1.77 bits per heavy atom. The van der Waals surface area contributed by atoms with Gasteiger partial charge >= 0.3 is 5.97 Å². The lowest BCUT2D eigenvalue weighted by Crippen LogP contribution is -2.54. The van der Waals surface area contributed by atoms with Gasteiger partial charge in [0.05, 0.1) is 5.41 Å². The van der Waals surface area contributed by atoms with Crippen molar-refractivity contribution in [3.05, 3.63) is 34.9 Å². The summed E-state index contributed by atoms with van der Waals surface area (Å²) in [7, 11) is 0. The molecule has 0 unspecified atom stereocenters. The molecule has 1 aromatic rings. The Bertz CT molecular complexity index is 708. The summed E-state index contributed by atoms with van der Waals surface area (Å²) in [5, 5.41) is 13.8. The van der Waals surface area contributed by atoms with Gasteiger partial charge < -0.3 is 15.3 Å². The second kappa shape index (κ2) is 6.54. The third kappa shape index (κ3) is 2.81. The van der Waals surface area contributed by atoms with E-state index in [9.17, 15) is 14.7 Å². The number of hydrogen-bond acceptors (Lipinski definition) is 3. The van der Waals surface area contributed by atoms with Gasteiger partial charge in [-0.1, -0.05) is 30.2 Å². The molecule has 2 N–H and O–H groups in total. The number of rotatable bonds is 3. The van der Waals surface area contributed by atoms with E-state index in [2.05, 4.69) is 5.32 Å². The Labute approximate surface area is 158 Å². The number of carbonyl (C=O) groups excluding carboxylic acids is 1. The minimum absolute atomic E-state index is 0.00567. The van der Waals surface area contributed by atoms with Crippen molar-refractivity contribution in [3.8, 4) is 0 Å². The third-order valence-corrected chi connectivity index (χ3v) is 6.98. The maximum absolute atomic E-state index is 13.6. The zero-order valence-corrected chi connectivity index (χ0v) is 15.6. The number of piperidine rings is 1. The molecular weight excluding hydrogens is 352 g/mol. The van der Waals surface area contributed by atoms with Crippen molar-refractivity contribution in [2.45, 2.75) is 50.0 Å². The van der Waals surface area contributed by atoms with E-state index in [0.29, 0.717) is 18.0 Å². The maximum atomic E-state index is 13.6. The summed E-state index contributed by atoms with van der Waals surface area (Å²) < 4.78 is 0. The molecule has 0 radical (unpaired) electrons. The van der Waals surface area contributed by atoms with Gasteiger partial charge in [0.15, 0.2) is 0 Å². The Kier molecular flexibility index (Phi) is 4.48. The molecule has 0 bridgehead atoms. The molecule has 1 aromatic carbocycles. The predicted octanol–water partition coefficient (Wildman–Crippen LogP) is 2.82. The standard InChI is InChI=1S/C20H25ClN2O3/c21-15-4-2-14(3-5-15)20(6-1-7-20)18(26)23-13-19(8-10-22-11-9-19)12-16(23)17(24)25/h2-5,16,22H,1,6-13H2,(H,24,25)/t16-/m0/s1. The molecule has 1 spiro atoms. The number of amides is 1. The Morgan fingerprint density at radius 1 is 1.12 bits per heavy atom. The number of likely N-dealkylation sites (tertiary alicyclic amines) is 1. The molecule has 2 saturated heterocycles. The fourth-order valence-corrected chi connectivity index (χ4v) is 5.14. The summed E-state index contributed by atoms with van der Waals surface area (Å²) in [5.41, 5.74) is 0.347. The van der Waals surface area contributed by atoms with E-state index < -0.39 is 17.4 Å². The monoisotopic (exact) mass is 376 g/mol. The maximum Gasteiger partial charge on any atom is 0.326 e. The molecule has 6 heteroatoms. The smallest absolute Gasteiger partial charge is 0.326 e. The van der Waals surface area contributed by atoms with Crippen LogP contribution in [0.2, 0.25) is 5.02 Å². The summed E-state index contributed by atoms with van der Waals surface area (Å²) in [5.74, 6) is -0.881. The minimum Gasteiger partial charge on any atom is -0.480 e. The van der Waals surface area contributed by atoms with Gasteiger partial charge in [0.2, 0.25) is 5.91 Å². The number of carboxylic acid groups (broad SMARTS) is 1. The molecule has 5 nitrogen and oxygen atoms in total. The molecule has 140 valence electrons. The van der Waals surface area contributed by atoms with Crippen LogP contribution in [-0.4, -0.2) is 47.6 Å². The number of nitrogens with one attached hydrogen (secondary N) is 1. The number of carboxylic acids is 1. The number of aliphatic carboxylic acids is 1. The van der Waals surface area contributed by atoms with E-state index in [1.54, 1.807) is 4.90 Å². The van der Waals surface area contributed by atoms with Gasteiger partial charge in [-0.3, -0.25) is 4.79 Å². The first kappa shape index (κ1) is 17.8. The summed E-state index contributed by atoms with van der Waals surface area (Å²) in [4.78, 5) is 27.2. The summed E-state index contributed by atoms with van der Waals surface area (Å²) in [6.07, 6.45) is 5.01. The largest absolute Gasteiger partial charge is 0.480 e. The Morgan fingerprint density at radius 3 is 2.31 bits per heavy atom. The molecule has 2 aliphatic heterocycles. The van der Waals surface area contributed by atoms with E-state index >= 15 is 0 Å². The highest BCUT2D eigenvalue weighted by molar-refractivity contribution is 6.30. The first-order chi connectivity index (χ1) is 12.5. The Balaban J connectivity index is 1.64. The normalized spacial score (nSPS) is 26.5. The molecule has 26 heavy (non-hydrogen) atoms. The molecule has 1 atom stereocenters. The molecule has 1 amide bonds. The van der Waals surface area contributed by atoms with Crippen LogP contribution < -0.4 is 5.32 Å². The molecule has 3 fully saturated rings. The van der Waals surface area contributed by atoms with E-state index in [0.717, 1.165) is 50.8 Å². The molecule has 1 saturated carbocycles. The number of halogens is 1. The lowest BCUT2D eigenvalue weighted by atomic mass is 9.63. The predicted molar refractivity (Wildman–Crippen MR) is 99.3 cm³/mol. The average Bonchev–Trinajstić information content (AvgIpc) is 2.95. The second-order valence-corrected chi connectivity index (χ2v) is 8.62. The topological polar surface area (TPSA) is 69.6 Å². The van der Waals surface area contributed by atoms with E-state index in [4.69, 9.17) is 11.6 Å². The van der Waals surface area contributed by atoms with Crippen LogP contribution >= 0.6 is 11.6 Å². The summed E-state index contributed by atoms with van der Waals surface area (Å²) in [6, 6.07) is 6.77. The highest BCUT2D eigenvalue weighted by atomic mass is 35.5. The lowest BCUT2D eigenvalue weighted by molar-refractivity contribution is -0.152. The second-order valence-electron chi connectivity index (χ2n) is 8.18. The van der Waals surface area contributed by atoms with Crippen LogP contribution in [0.3, 0.4) is 0 Å². The van der Waals surface area contributed by atoms with Gasteiger partial charge in [0.25, 0.3) is 0 Å². The number of benzene rings is 1. The zero-order valence-electron chi connectivity index (χ0n) is 14.8. The van der Waals surface area contributed by atoms with Gasteiger partial charge in [-0.25, -0.2) is 4.79 Å². The van der Waals surface area contributed by atoms with Crippen molar-refractivity contribution in [1.29, 1.82) is 0 Å². The van der Waals surface area contributed by atoms with Crippen LogP contribution in [0.1, 0.15) is 44.1 Å². The fraction of sp³-hybridized carbons (Fsp3) is 0.600.